The second-order valence-corrected chi connectivity index (χ2v) is 4.10. The first-order valence-electron chi connectivity index (χ1n) is 5.40. The molecule has 1 aromatic heterocycles. The van der Waals surface area contributed by atoms with Gasteiger partial charge in [-0.05, 0) is 36.4 Å². The van der Waals surface area contributed by atoms with Crippen LogP contribution in [0.4, 0.5) is 0 Å². The van der Waals surface area contributed by atoms with Crippen LogP contribution in [0.5, 0.6) is 0 Å². The lowest BCUT2D eigenvalue weighted by Crippen LogP contribution is -2.08. The molecule has 0 bridgehead atoms. The Bertz CT molecular complexity index is 628. The van der Waals surface area contributed by atoms with Crippen molar-refractivity contribution in [2.75, 3.05) is 0 Å². The fraction of sp³-hybridized carbons (Fsp3) is 0.231. The molecule has 0 saturated carbocycles. The van der Waals surface area contributed by atoms with Crippen molar-refractivity contribution in [1.29, 1.82) is 0 Å². The number of rotatable bonds is 3. The third kappa shape index (κ3) is 2.53. The molecule has 1 heterocycles. The van der Waals surface area contributed by atoms with E-state index < -0.39 is 5.97 Å². The van der Waals surface area contributed by atoms with Crippen molar-refractivity contribution in [3.05, 3.63) is 45.7 Å². The second-order valence-electron chi connectivity index (χ2n) is 4.10. The van der Waals surface area contributed by atoms with Crippen LogP contribution >= 0.6 is 0 Å². The van der Waals surface area contributed by atoms with E-state index in [1.165, 1.54) is 0 Å². The van der Waals surface area contributed by atoms with E-state index in [9.17, 15) is 9.59 Å². The van der Waals surface area contributed by atoms with E-state index in [-0.39, 0.29) is 12.0 Å². The molecule has 0 radical (unpaired) electrons. The molecule has 88 valence electrons. The third-order valence-corrected chi connectivity index (χ3v) is 2.72. The van der Waals surface area contributed by atoms with Gasteiger partial charge in [-0.2, -0.15) is 0 Å². The highest BCUT2D eigenvalue weighted by molar-refractivity contribution is 5.79. The van der Waals surface area contributed by atoms with Gasteiger partial charge in [0.2, 0.25) is 0 Å². The van der Waals surface area contributed by atoms with E-state index >= 15 is 0 Å². The predicted octanol–water partition coefficient (Wildman–Crippen LogP) is 1.85. The highest BCUT2D eigenvalue weighted by Crippen LogP contribution is 2.14. The van der Waals surface area contributed by atoms with Gasteiger partial charge in [-0.25, -0.2) is 0 Å². The Hall–Kier alpha value is -2.10. The summed E-state index contributed by atoms with van der Waals surface area (Å²) >= 11 is 0. The fourth-order valence-electron chi connectivity index (χ4n) is 1.76. The summed E-state index contributed by atoms with van der Waals surface area (Å²) in [6.45, 7) is 1.76. The van der Waals surface area contributed by atoms with Crippen LogP contribution in [0.3, 0.4) is 0 Å². The Kier molecular flexibility index (Phi) is 2.95. The van der Waals surface area contributed by atoms with E-state index in [1.807, 2.05) is 24.3 Å². The van der Waals surface area contributed by atoms with Gasteiger partial charge in [0, 0.05) is 17.5 Å². The van der Waals surface area contributed by atoms with Gasteiger partial charge in [0.1, 0.15) is 0 Å². The number of hydrogen-bond donors (Lipinski definition) is 2. The molecule has 2 aromatic rings. The average molecular weight is 231 g/mol. The van der Waals surface area contributed by atoms with Gasteiger partial charge in [-0.3, -0.25) is 9.59 Å². The minimum Gasteiger partial charge on any atom is -0.481 e. The molecule has 17 heavy (non-hydrogen) atoms. The van der Waals surface area contributed by atoms with Crippen molar-refractivity contribution in [3.63, 3.8) is 0 Å². The molecule has 0 aliphatic heterocycles. The number of aliphatic carboxylic acids is 1. The van der Waals surface area contributed by atoms with Crippen molar-refractivity contribution >= 4 is 16.9 Å². The Morgan fingerprint density at radius 2 is 2.12 bits per heavy atom. The molecule has 0 saturated heterocycles. The van der Waals surface area contributed by atoms with Crippen LogP contribution in [0.2, 0.25) is 0 Å². The molecular weight excluding hydrogens is 218 g/mol. The van der Waals surface area contributed by atoms with Crippen LogP contribution in [-0.2, 0) is 11.2 Å². The van der Waals surface area contributed by atoms with Crippen molar-refractivity contribution in [1.82, 2.24) is 4.98 Å². The van der Waals surface area contributed by atoms with Crippen LogP contribution in [0.25, 0.3) is 10.9 Å². The lowest BCUT2D eigenvalue weighted by atomic mass is 10.1. The molecule has 4 nitrogen and oxygen atoms in total. The summed E-state index contributed by atoms with van der Waals surface area (Å²) in [5.74, 6) is -0.817. The van der Waals surface area contributed by atoms with E-state index in [2.05, 4.69) is 4.98 Å². The Morgan fingerprint density at radius 1 is 1.35 bits per heavy atom. The molecule has 0 aliphatic rings. The first kappa shape index (κ1) is 11.4. The van der Waals surface area contributed by atoms with Gasteiger partial charge < -0.3 is 10.1 Å². The standard InChI is InChI=1S/C13H13NO3/c1-8-6-10-4-2-9(3-5-12(15)16)7-11(10)14-13(8)17/h2,4,6-7H,3,5H2,1H3,(H,14,17)(H,15,16). The predicted molar refractivity (Wildman–Crippen MR) is 65.3 cm³/mol. The number of hydrogen-bond acceptors (Lipinski definition) is 2. The van der Waals surface area contributed by atoms with Crippen LogP contribution in [0, 0.1) is 6.92 Å². The number of aryl methyl sites for hydroxylation is 2. The minimum absolute atomic E-state index is 0.0988. The molecule has 2 rings (SSSR count). The largest absolute Gasteiger partial charge is 0.481 e. The van der Waals surface area contributed by atoms with E-state index in [0.717, 1.165) is 16.5 Å². The highest BCUT2D eigenvalue weighted by Gasteiger charge is 2.02. The Labute approximate surface area is 97.9 Å². The monoisotopic (exact) mass is 231 g/mol. The summed E-state index contributed by atoms with van der Waals surface area (Å²) in [7, 11) is 0. The van der Waals surface area contributed by atoms with E-state index in [4.69, 9.17) is 5.11 Å². The zero-order chi connectivity index (χ0) is 12.4. The summed E-state index contributed by atoms with van der Waals surface area (Å²) in [6, 6.07) is 7.45. The average Bonchev–Trinajstić information content (AvgIpc) is 2.28. The van der Waals surface area contributed by atoms with E-state index in [0.29, 0.717) is 12.0 Å². The summed E-state index contributed by atoms with van der Waals surface area (Å²) in [5.41, 5.74) is 2.24. The number of benzene rings is 1. The first-order valence-corrected chi connectivity index (χ1v) is 5.40. The van der Waals surface area contributed by atoms with Gasteiger partial charge in [-0.1, -0.05) is 12.1 Å². The highest BCUT2D eigenvalue weighted by atomic mass is 16.4. The third-order valence-electron chi connectivity index (χ3n) is 2.72. The topological polar surface area (TPSA) is 70.2 Å². The molecule has 1 aromatic carbocycles. The number of carboxylic acids is 1. The Balaban J connectivity index is 2.40. The van der Waals surface area contributed by atoms with Gasteiger partial charge >= 0.3 is 5.97 Å². The van der Waals surface area contributed by atoms with Crippen LogP contribution in [-0.4, -0.2) is 16.1 Å². The maximum absolute atomic E-state index is 11.5. The SMILES string of the molecule is Cc1cc2ccc(CCC(=O)O)cc2[nH]c1=O. The molecule has 0 unspecified atom stereocenters. The van der Waals surface area contributed by atoms with Crippen molar-refractivity contribution in [2.24, 2.45) is 0 Å². The molecule has 0 spiro atoms. The smallest absolute Gasteiger partial charge is 0.303 e. The minimum atomic E-state index is -0.817. The maximum Gasteiger partial charge on any atom is 0.303 e. The summed E-state index contributed by atoms with van der Waals surface area (Å²) in [4.78, 5) is 24.7. The number of aromatic amines is 1. The number of fused-ring (bicyclic) bond motifs is 1. The van der Waals surface area contributed by atoms with E-state index in [1.54, 1.807) is 6.92 Å². The van der Waals surface area contributed by atoms with Crippen LogP contribution in [0.15, 0.2) is 29.1 Å². The second kappa shape index (κ2) is 4.41. The zero-order valence-corrected chi connectivity index (χ0v) is 9.49. The number of pyridine rings is 1. The molecule has 2 N–H and O–H groups in total. The quantitative estimate of drug-likeness (QED) is 0.846. The maximum atomic E-state index is 11.5. The number of carbonyl (C=O) groups is 1. The molecule has 0 fully saturated rings. The molecule has 4 heteroatoms. The van der Waals surface area contributed by atoms with Gasteiger partial charge in [0.25, 0.3) is 5.56 Å². The first-order chi connectivity index (χ1) is 8.06. The van der Waals surface area contributed by atoms with Crippen LogP contribution < -0.4 is 5.56 Å². The van der Waals surface area contributed by atoms with Crippen LogP contribution in [0.1, 0.15) is 17.5 Å². The zero-order valence-electron chi connectivity index (χ0n) is 9.49. The summed E-state index contributed by atoms with van der Waals surface area (Å²) < 4.78 is 0. The number of aromatic nitrogens is 1. The summed E-state index contributed by atoms with van der Waals surface area (Å²) in [6.07, 6.45) is 0.572. The van der Waals surface area contributed by atoms with Gasteiger partial charge in [0.05, 0.1) is 0 Å². The van der Waals surface area contributed by atoms with Crippen molar-refractivity contribution in [2.45, 2.75) is 19.8 Å². The fourth-order valence-corrected chi connectivity index (χ4v) is 1.76. The number of H-pyrrole nitrogens is 1. The molecule has 0 amide bonds. The Morgan fingerprint density at radius 3 is 2.82 bits per heavy atom. The summed E-state index contributed by atoms with van der Waals surface area (Å²) in [5, 5.41) is 9.57. The molecule has 0 aliphatic carbocycles. The van der Waals surface area contributed by atoms with Crippen molar-refractivity contribution < 1.29 is 9.90 Å². The number of carboxylic acid groups (broad SMARTS) is 1. The number of nitrogens with one attached hydrogen (secondary N) is 1. The van der Waals surface area contributed by atoms with Gasteiger partial charge in [-0.15, -0.1) is 0 Å². The van der Waals surface area contributed by atoms with Gasteiger partial charge in [0.15, 0.2) is 0 Å². The lowest BCUT2D eigenvalue weighted by Gasteiger charge is -2.03. The molecular formula is C13H13NO3. The molecule has 0 atom stereocenters. The lowest BCUT2D eigenvalue weighted by molar-refractivity contribution is -0.136. The van der Waals surface area contributed by atoms with Crippen molar-refractivity contribution in [3.8, 4) is 0 Å². The normalized spacial score (nSPS) is 10.6.